The van der Waals surface area contributed by atoms with E-state index in [0.717, 1.165) is 6.42 Å². The largest absolute Gasteiger partial charge is 0.406 e. The Bertz CT molecular complexity index is 260. The van der Waals surface area contributed by atoms with E-state index in [1.165, 1.54) is 0 Å². The monoisotopic (exact) mass is 236 g/mol. The van der Waals surface area contributed by atoms with E-state index in [9.17, 15) is 13.2 Å². The summed E-state index contributed by atoms with van der Waals surface area (Å²) < 4.78 is 38.8. The molecule has 94 valence electrons. The summed E-state index contributed by atoms with van der Waals surface area (Å²) in [5.41, 5.74) is -1.47. The fraction of sp³-hybridized carbons (Fsp3) is 1.00. The van der Waals surface area contributed by atoms with E-state index in [1.807, 2.05) is 14.0 Å². The van der Waals surface area contributed by atoms with Gasteiger partial charge in [0.1, 0.15) is 5.54 Å². The molecule has 2 atom stereocenters. The van der Waals surface area contributed by atoms with E-state index >= 15 is 0 Å². The van der Waals surface area contributed by atoms with E-state index in [1.54, 1.807) is 4.90 Å². The lowest BCUT2D eigenvalue weighted by atomic mass is 9.92. The first-order valence-electron chi connectivity index (χ1n) is 5.90. The lowest BCUT2D eigenvalue weighted by molar-refractivity contribution is -0.201. The summed E-state index contributed by atoms with van der Waals surface area (Å²) in [6.45, 7) is 3.15. The molecule has 16 heavy (non-hydrogen) atoms. The Kier molecular flexibility index (Phi) is 2.95. The Morgan fingerprint density at radius 3 is 2.31 bits per heavy atom. The number of rotatable bonds is 2. The molecule has 1 aliphatic carbocycles. The minimum atomic E-state index is -4.06. The first-order valence-corrected chi connectivity index (χ1v) is 5.90. The first-order chi connectivity index (χ1) is 7.40. The summed E-state index contributed by atoms with van der Waals surface area (Å²) in [5.74, 6) is 0.290. The van der Waals surface area contributed by atoms with Gasteiger partial charge in [0, 0.05) is 19.1 Å². The van der Waals surface area contributed by atoms with Gasteiger partial charge in [0.15, 0.2) is 0 Å². The van der Waals surface area contributed by atoms with Crippen LogP contribution in [0.1, 0.15) is 26.2 Å². The molecular formula is C11H19F3N2. The summed E-state index contributed by atoms with van der Waals surface area (Å²) in [5, 5.41) is 3.18. The molecule has 0 bridgehead atoms. The molecule has 2 nitrogen and oxygen atoms in total. The standard InChI is InChI=1S/C11H19F3N2/c1-8-7-16(6-3-9(8)15-2)10(4-5-10)11(12,13)14/h8-9,15H,3-7H2,1-2H3. The molecule has 0 aromatic carbocycles. The van der Waals surface area contributed by atoms with E-state index in [0.29, 0.717) is 25.0 Å². The van der Waals surface area contributed by atoms with Crippen LogP contribution < -0.4 is 5.32 Å². The van der Waals surface area contributed by atoms with Crippen molar-refractivity contribution in [2.45, 2.75) is 43.9 Å². The molecule has 0 aromatic rings. The molecule has 1 saturated carbocycles. The second-order valence-corrected chi connectivity index (χ2v) is 5.14. The van der Waals surface area contributed by atoms with Crippen LogP contribution in [0.15, 0.2) is 0 Å². The first kappa shape index (κ1) is 12.2. The van der Waals surface area contributed by atoms with Crippen molar-refractivity contribution in [2.75, 3.05) is 20.1 Å². The molecule has 0 amide bonds. The van der Waals surface area contributed by atoms with Gasteiger partial charge in [-0.1, -0.05) is 6.92 Å². The highest BCUT2D eigenvalue weighted by Gasteiger charge is 2.66. The lowest BCUT2D eigenvalue weighted by Gasteiger charge is -2.42. The SMILES string of the molecule is CNC1CCN(C2(C(F)(F)F)CC2)CC1C. The number of alkyl halides is 3. The van der Waals surface area contributed by atoms with Crippen molar-refractivity contribution in [3.05, 3.63) is 0 Å². The number of hydrogen-bond acceptors (Lipinski definition) is 2. The summed E-state index contributed by atoms with van der Waals surface area (Å²) in [7, 11) is 1.88. The third kappa shape index (κ3) is 1.84. The zero-order chi connectivity index (χ0) is 12.0. The highest BCUT2D eigenvalue weighted by molar-refractivity contribution is 5.10. The number of hydrogen-bond donors (Lipinski definition) is 1. The third-order valence-electron chi connectivity index (χ3n) is 4.13. The average Bonchev–Trinajstić information content (AvgIpc) is 2.97. The highest BCUT2D eigenvalue weighted by atomic mass is 19.4. The van der Waals surface area contributed by atoms with Crippen LogP contribution in [0.5, 0.6) is 0 Å². The van der Waals surface area contributed by atoms with Crippen LogP contribution in [0.4, 0.5) is 13.2 Å². The molecule has 2 fully saturated rings. The van der Waals surface area contributed by atoms with Crippen molar-refractivity contribution in [3.8, 4) is 0 Å². The van der Waals surface area contributed by atoms with Gasteiger partial charge in [-0.05, 0) is 32.2 Å². The Labute approximate surface area is 94.2 Å². The van der Waals surface area contributed by atoms with Crippen LogP contribution >= 0.6 is 0 Å². The molecule has 0 spiro atoms. The smallest absolute Gasteiger partial charge is 0.317 e. The fourth-order valence-corrected chi connectivity index (χ4v) is 2.86. The van der Waals surface area contributed by atoms with Crippen molar-refractivity contribution in [3.63, 3.8) is 0 Å². The van der Waals surface area contributed by atoms with Crippen LogP contribution in [0, 0.1) is 5.92 Å². The maximum absolute atomic E-state index is 12.9. The predicted molar refractivity (Wildman–Crippen MR) is 56.2 cm³/mol. The summed E-state index contributed by atoms with van der Waals surface area (Å²) in [4.78, 5) is 1.66. The van der Waals surface area contributed by atoms with Crippen LogP contribution in [0.3, 0.4) is 0 Å². The molecule has 1 heterocycles. The van der Waals surface area contributed by atoms with E-state index in [2.05, 4.69) is 5.32 Å². The van der Waals surface area contributed by atoms with Crippen molar-refractivity contribution in [1.82, 2.24) is 10.2 Å². The minimum absolute atomic E-state index is 0.285. The zero-order valence-electron chi connectivity index (χ0n) is 9.77. The summed E-state index contributed by atoms with van der Waals surface area (Å²) >= 11 is 0. The number of piperidine rings is 1. The zero-order valence-corrected chi connectivity index (χ0v) is 9.77. The van der Waals surface area contributed by atoms with Gasteiger partial charge in [-0.25, -0.2) is 0 Å². The Balaban J connectivity index is 2.03. The van der Waals surface area contributed by atoms with Crippen LogP contribution in [0.25, 0.3) is 0 Å². The van der Waals surface area contributed by atoms with Crippen molar-refractivity contribution in [2.24, 2.45) is 5.92 Å². The molecular weight excluding hydrogens is 217 g/mol. The van der Waals surface area contributed by atoms with Crippen molar-refractivity contribution < 1.29 is 13.2 Å². The second kappa shape index (κ2) is 3.88. The van der Waals surface area contributed by atoms with E-state index in [4.69, 9.17) is 0 Å². The van der Waals surface area contributed by atoms with E-state index in [-0.39, 0.29) is 12.8 Å². The maximum Gasteiger partial charge on any atom is 0.406 e. The molecule has 0 aromatic heterocycles. The predicted octanol–water partition coefficient (Wildman–Crippen LogP) is 2.01. The van der Waals surface area contributed by atoms with Crippen LogP contribution in [0.2, 0.25) is 0 Å². The van der Waals surface area contributed by atoms with Gasteiger partial charge in [-0.2, -0.15) is 13.2 Å². The van der Waals surface area contributed by atoms with Gasteiger partial charge in [-0.15, -0.1) is 0 Å². The average molecular weight is 236 g/mol. The van der Waals surface area contributed by atoms with Crippen LogP contribution in [-0.2, 0) is 0 Å². The van der Waals surface area contributed by atoms with Gasteiger partial charge >= 0.3 is 6.18 Å². The quantitative estimate of drug-likeness (QED) is 0.789. The van der Waals surface area contributed by atoms with Gasteiger partial charge in [0.2, 0.25) is 0 Å². The lowest BCUT2D eigenvalue weighted by Crippen LogP contribution is -2.56. The van der Waals surface area contributed by atoms with Crippen LogP contribution in [-0.4, -0.2) is 42.8 Å². The molecule has 1 aliphatic heterocycles. The Hall–Kier alpha value is -0.290. The number of likely N-dealkylation sites (tertiary alicyclic amines) is 1. The van der Waals surface area contributed by atoms with Gasteiger partial charge in [-0.3, -0.25) is 4.90 Å². The summed E-state index contributed by atoms with van der Waals surface area (Å²) in [6, 6.07) is 0.361. The summed E-state index contributed by atoms with van der Waals surface area (Å²) in [6.07, 6.45) is -2.67. The Morgan fingerprint density at radius 1 is 1.31 bits per heavy atom. The Morgan fingerprint density at radius 2 is 1.94 bits per heavy atom. The van der Waals surface area contributed by atoms with Gasteiger partial charge in [0.05, 0.1) is 0 Å². The molecule has 1 saturated heterocycles. The third-order valence-corrected chi connectivity index (χ3v) is 4.13. The number of halogens is 3. The topological polar surface area (TPSA) is 15.3 Å². The highest BCUT2D eigenvalue weighted by Crippen LogP contribution is 2.54. The van der Waals surface area contributed by atoms with Gasteiger partial charge < -0.3 is 5.32 Å². The molecule has 2 unspecified atom stereocenters. The van der Waals surface area contributed by atoms with Crippen molar-refractivity contribution >= 4 is 0 Å². The fourth-order valence-electron chi connectivity index (χ4n) is 2.86. The second-order valence-electron chi connectivity index (χ2n) is 5.14. The molecule has 1 N–H and O–H groups in total. The number of nitrogens with zero attached hydrogens (tertiary/aromatic N) is 1. The van der Waals surface area contributed by atoms with Crippen molar-refractivity contribution in [1.29, 1.82) is 0 Å². The normalized spacial score (nSPS) is 35.1. The number of nitrogens with one attached hydrogen (secondary N) is 1. The van der Waals surface area contributed by atoms with Gasteiger partial charge in [0.25, 0.3) is 0 Å². The molecule has 2 aliphatic rings. The molecule has 0 radical (unpaired) electrons. The van der Waals surface area contributed by atoms with E-state index < -0.39 is 11.7 Å². The maximum atomic E-state index is 12.9. The molecule has 2 rings (SSSR count). The molecule has 5 heteroatoms. The minimum Gasteiger partial charge on any atom is -0.317 e.